The molecule has 0 saturated heterocycles. The minimum atomic E-state index is -0.153. The number of thiazole rings is 1. The lowest BCUT2D eigenvalue weighted by molar-refractivity contribution is 0.0453. The van der Waals surface area contributed by atoms with Crippen LogP contribution in [-0.2, 0) is 22.6 Å². The van der Waals surface area contributed by atoms with Gasteiger partial charge in [-0.25, -0.2) is 4.98 Å². The van der Waals surface area contributed by atoms with Gasteiger partial charge in [0.2, 0.25) is 0 Å². The van der Waals surface area contributed by atoms with Crippen molar-refractivity contribution in [3.63, 3.8) is 0 Å². The smallest absolute Gasteiger partial charge is 0.271 e. The van der Waals surface area contributed by atoms with Gasteiger partial charge in [-0.15, -0.1) is 11.3 Å². The van der Waals surface area contributed by atoms with Gasteiger partial charge in [-0.05, 0) is 18.1 Å². The van der Waals surface area contributed by atoms with Crippen LogP contribution in [0.3, 0.4) is 0 Å². The molecule has 0 aliphatic carbocycles. The fourth-order valence-corrected chi connectivity index (χ4v) is 2.41. The first-order valence-electron chi connectivity index (χ1n) is 7.19. The lowest BCUT2D eigenvalue weighted by atomic mass is 10.1. The Bertz CT molecular complexity index is 573. The van der Waals surface area contributed by atoms with Gasteiger partial charge < -0.3 is 14.8 Å². The molecule has 0 bridgehead atoms. The zero-order valence-corrected chi connectivity index (χ0v) is 13.4. The standard InChI is InChI=1S/C16H20N2O3S/c1-2-20-6-7-21-10-14-5-3-4-13(8-14)9-17-16(19)15-11-22-12-18-15/h3-5,8,11-12H,2,6-7,9-10H2,1H3,(H,17,19). The maximum atomic E-state index is 11.8. The van der Waals surface area contributed by atoms with E-state index in [0.29, 0.717) is 38.7 Å². The van der Waals surface area contributed by atoms with Crippen LogP contribution in [0.5, 0.6) is 0 Å². The maximum absolute atomic E-state index is 11.8. The number of carbonyl (C=O) groups is 1. The Labute approximate surface area is 134 Å². The SMILES string of the molecule is CCOCCOCc1cccc(CNC(=O)c2cscn2)c1. The number of ether oxygens (including phenoxy) is 2. The van der Waals surface area contributed by atoms with Crippen molar-refractivity contribution in [2.24, 2.45) is 0 Å². The quantitative estimate of drug-likeness (QED) is 0.722. The molecule has 0 fully saturated rings. The summed E-state index contributed by atoms with van der Waals surface area (Å²) in [5.41, 5.74) is 4.22. The summed E-state index contributed by atoms with van der Waals surface area (Å²) in [6.07, 6.45) is 0. The summed E-state index contributed by atoms with van der Waals surface area (Å²) in [6.45, 7) is 4.88. The summed E-state index contributed by atoms with van der Waals surface area (Å²) in [5.74, 6) is -0.153. The van der Waals surface area contributed by atoms with E-state index in [9.17, 15) is 4.79 Å². The third-order valence-electron chi connectivity index (χ3n) is 2.95. The molecular weight excluding hydrogens is 300 g/mol. The zero-order chi connectivity index (χ0) is 15.6. The van der Waals surface area contributed by atoms with Crippen LogP contribution in [0, 0.1) is 0 Å². The molecule has 0 spiro atoms. The van der Waals surface area contributed by atoms with E-state index in [4.69, 9.17) is 9.47 Å². The minimum absolute atomic E-state index is 0.153. The maximum Gasteiger partial charge on any atom is 0.271 e. The number of benzene rings is 1. The summed E-state index contributed by atoms with van der Waals surface area (Å²) >= 11 is 1.41. The van der Waals surface area contributed by atoms with Crippen molar-refractivity contribution >= 4 is 17.2 Å². The van der Waals surface area contributed by atoms with Crippen LogP contribution in [0.1, 0.15) is 28.5 Å². The molecule has 1 N–H and O–H groups in total. The molecule has 6 heteroatoms. The number of rotatable bonds is 9. The molecule has 0 aliphatic rings. The summed E-state index contributed by atoms with van der Waals surface area (Å²) < 4.78 is 10.8. The van der Waals surface area contributed by atoms with Gasteiger partial charge in [0, 0.05) is 18.5 Å². The molecule has 0 aliphatic heterocycles. The van der Waals surface area contributed by atoms with Crippen molar-refractivity contribution in [3.05, 3.63) is 52.0 Å². The van der Waals surface area contributed by atoms with Crippen LogP contribution in [0.2, 0.25) is 0 Å². The molecule has 2 rings (SSSR count). The van der Waals surface area contributed by atoms with Crippen LogP contribution in [0.15, 0.2) is 35.2 Å². The number of nitrogens with zero attached hydrogens (tertiary/aromatic N) is 1. The van der Waals surface area contributed by atoms with Crippen molar-refractivity contribution in [3.8, 4) is 0 Å². The average molecular weight is 320 g/mol. The van der Waals surface area contributed by atoms with E-state index in [-0.39, 0.29) is 5.91 Å². The molecular formula is C16H20N2O3S. The molecule has 0 saturated carbocycles. The Morgan fingerprint density at radius 1 is 1.27 bits per heavy atom. The lowest BCUT2D eigenvalue weighted by Crippen LogP contribution is -2.23. The molecule has 2 aromatic rings. The highest BCUT2D eigenvalue weighted by Gasteiger charge is 2.06. The molecule has 1 amide bonds. The normalized spacial score (nSPS) is 10.6. The second kappa shape index (κ2) is 9.30. The molecule has 22 heavy (non-hydrogen) atoms. The number of aromatic nitrogens is 1. The van der Waals surface area contributed by atoms with Gasteiger partial charge >= 0.3 is 0 Å². The monoisotopic (exact) mass is 320 g/mol. The predicted octanol–water partition coefficient (Wildman–Crippen LogP) is 2.63. The Balaban J connectivity index is 1.77. The summed E-state index contributed by atoms with van der Waals surface area (Å²) in [5, 5.41) is 4.59. The van der Waals surface area contributed by atoms with Crippen LogP contribution in [0.4, 0.5) is 0 Å². The van der Waals surface area contributed by atoms with Gasteiger partial charge in [-0.2, -0.15) is 0 Å². The fourth-order valence-electron chi connectivity index (χ4n) is 1.88. The molecule has 5 nitrogen and oxygen atoms in total. The average Bonchev–Trinajstić information content (AvgIpc) is 3.07. The van der Waals surface area contributed by atoms with Crippen molar-refractivity contribution in [1.29, 1.82) is 0 Å². The number of amides is 1. The summed E-state index contributed by atoms with van der Waals surface area (Å²) in [4.78, 5) is 15.8. The van der Waals surface area contributed by atoms with Gasteiger partial charge in [-0.1, -0.05) is 24.3 Å². The minimum Gasteiger partial charge on any atom is -0.379 e. The highest BCUT2D eigenvalue weighted by molar-refractivity contribution is 7.07. The summed E-state index contributed by atoms with van der Waals surface area (Å²) in [7, 11) is 0. The van der Waals surface area contributed by atoms with Gasteiger partial charge in [0.1, 0.15) is 5.69 Å². The van der Waals surface area contributed by atoms with Gasteiger partial charge in [0.25, 0.3) is 5.91 Å². The fraction of sp³-hybridized carbons (Fsp3) is 0.375. The first-order chi connectivity index (χ1) is 10.8. The van der Waals surface area contributed by atoms with Crippen LogP contribution < -0.4 is 5.32 Å². The molecule has 1 heterocycles. The Morgan fingerprint density at radius 3 is 2.86 bits per heavy atom. The van der Waals surface area contributed by atoms with Crippen molar-refractivity contribution in [1.82, 2.24) is 10.3 Å². The predicted molar refractivity (Wildman–Crippen MR) is 85.9 cm³/mol. The molecule has 0 radical (unpaired) electrons. The van der Waals surface area contributed by atoms with Gasteiger partial charge in [0.05, 0.1) is 25.3 Å². The Morgan fingerprint density at radius 2 is 2.09 bits per heavy atom. The Hall–Kier alpha value is -1.76. The highest BCUT2D eigenvalue weighted by Crippen LogP contribution is 2.07. The van der Waals surface area contributed by atoms with Crippen LogP contribution in [0.25, 0.3) is 0 Å². The Kier molecular flexibility index (Phi) is 7.02. The second-order valence-corrected chi connectivity index (χ2v) is 5.34. The number of hydrogen-bond acceptors (Lipinski definition) is 5. The molecule has 0 atom stereocenters. The van der Waals surface area contributed by atoms with E-state index in [2.05, 4.69) is 10.3 Å². The van der Waals surface area contributed by atoms with Gasteiger partial charge in [0.15, 0.2) is 0 Å². The largest absolute Gasteiger partial charge is 0.379 e. The van der Waals surface area contributed by atoms with Crippen molar-refractivity contribution in [2.75, 3.05) is 19.8 Å². The molecule has 1 aromatic heterocycles. The van der Waals surface area contributed by atoms with Crippen molar-refractivity contribution in [2.45, 2.75) is 20.1 Å². The van der Waals surface area contributed by atoms with E-state index < -0.39 is 0 Å². The van der Waals surface area contributed by atoms with E-state index in [0.717, 1.165) is 11.1 Å². The zero-order valence-electron chi connectivity index (χ0n) is 12.6. The van der Waals surface area contributed by atoms with Crippen LogP contribution in [-0.4, -0.2) is 30.7 Å². The first-order valence-corrected chi connectivity index (χ1v) is 8.13. The second-order valence-electron chi connectivity index (χ2n) is 4.63. The van der Waals surface area contributed by atoms with Crippen LogP contribution >= 0.6 is 11.3 Å². The molecule has 118 valence electrons. The lowest BCUT2D eigenvalue weighted by Gasteiger charge is -2.08. The highest BCUT2D eigenvalue weighted by atomic mass is 32.1. The number of nitrogens with one attached hydrogen (secondary N) is 1. The van der Waals surface area contributed by atoms with E-state index in [1.54, 1.807) is 10.9 Å². The molecule has 1 aromatic carbocycles. The first kappa shape index (κ1) is 16.6. The third-order valence-corrected chi connectivity index (χ3v) is 3.54. The number of hydrogen-bond donors (Lipinski definition) is 1. The van der Waals surface area contributed by atoms with Gasteiger partial charge in [-0.3, -0.25) is 4.79 Å². The topological polar surface area (TPSA) is 60.5 Å². The van der Waals surface area contributed by atoms with E-state index in [1.807, 2.05) is 31.2 Å². The summed E-state index contributed by atoms with van der Waals surface area (Å²) in [6, 6.07) is 7.98. The van der Waals surface area contributed by atoms with E-state index >= 15 is 0 Å². The van der Waals surface area contributed by atoms with Crippen molar-refractivity contribution < 1.29 is 14.3 Å². The number of carbonyl (C=O) groups excluding carboxylic acids is 1. The molecule has 0 unspecified atom stereocenters. The third kappa shape index (κ3) is 5.55. The van der Waals surface area contributed by atoms with E-state index in [1.165, 1.54) is 11.3 Å².